The van der Waals surface area contributed by atoms with Crippen molar-refractivity contribution in [3.05, 3.63) is 54.2 Å². The molecule has 0 aliphatic heterocycles. The van der Waals surface area contributed by atoms with Crippen molar-refractivity contribution in [3.8, 4) is 11.4 Å². The summed E-state index contributed by atoms with van der Waals surface area (Å²) in [5.74, 6) is -0.948. The van der Waals surface area contributed by atoms with Crippen LogP contribution in [0.3, 0.4) is 0 Å². The Hall–Kier alpha value is -3.42. The number of aromatic nitrogens is 3. The lowest BCUT2D eigenvalue weighted by Crippen LogP contribution is -2.02. The van der Waals surface area contributed by atoms with Crippen LogP contribution >= 0.6 is 0 Å². The van der Waals surface area contributed by atoms with Gasteiger partial charge in [0.25, 0.3) is 0 Å². The number of alkyl halides is 2. The van der Waals surface area contributed by atoms with Crippen LogP contribution in [0, 0.1) is 0 Å². The van der Waals surface area contributed by atoms with Crippen molar-refractivity contribution < 1.29 is 23.4 Å². The highest BCUT2D eigenvalue weighted by Gasteiger charge is 2.17. The van der Waals surface area contributed by atoms with Gasteiger partial charge in [-0.1, -0.05) is 0 Å². The molecule has 2 aromatic carbocycles. The zero-order chi connectivity index (χ0) is 18.4. The first-order chi connectivity index (χ1) is 12.4. The Kier molecular flexibility index (Phi) is 3.61. The average molecular weight is 357 g/mol. The van der Waals surface area contributed by atoms with E-state index in [0.29, 0.717) is 11.3 Å². The molecule has 0 amide bonds. The SMILES string of the molecule is Cn1cc2c3cc(C(=O)O)ccc3n(-c3ccc(OC(F)F)cc3)c2n1. The van der Waals surface area contributed by atoms with Crippen LogP contribution in [0.15, 0.2) is 48.7 Å². The van der Waals surface area contributed by atoms with Gasteiger partial charge in [0.1, 0.15) is 5.75 Å². The molecule has 0 aliphatic rings. The third kappa shape index (κ3) is 2.55. The predicted octanol–water partition coefficient (Wildman–Crippen LogP) is 3.82. The molecule has 4 rings (SSSR count). The van der Waals surface area contributed by atoms with Crippen LogP contribution in [0.5, 0.6) is 5.75 Å². The molecule has 0 fully saturated rings. The first kappa shape index (κ1) is 16.1. The minimum Gasteiger partial charge on any atom is -0.478 e. The average Bonchev–Trinajstić information content (AvgIpc) is 3.09. The second kappa shape index (κ2) is 5.83. The van der Waals surface area contributed by atoms with Crippen LogP contribution in [-0.4, -0.2) is 32.0 Å². The second-order valence-corrected chi connectivity index (χ2v) is 5.78. The van der Waals surface area contributed by atoms with E-state index in [1.807, 2.05) is 10.8 Å². The Morgan fingerprint density at radius 3 is 2.54 bits per heavy atom. The summed E-state index contributed by atoms with van der Waals surface area (Å²) >= 11 is 0. The largest absolute Gasteiger partial charge is 0.478 e. The van der Waals surface area contributed by atoms with E-state index >= 15 is 0 Å². The molecule has 0 bridgehead atoms. The molecule has 1 N–H and O–H groups in total. The maximum atomic E-state index is 12.3. The molecule has 0 radical (unpaired) electrons. The Labute approximate surface area is 145 Å². The standard InChI is InChI=1S/C18H13F2N3O3/c1-22-9-14-13-8-10(17(24)25)2-7-15(13)23(16(14)21-22)11-3-5-12(6-4-11)26-18(19)20/h2-9,18H,1H3,(H,24,25). The van der Waals surface area contributed by atoms with E-state index in [-0.39, 0.29) is 11.3 Å². The fraction of sp³-hybridized carbons (Fsp3) is 0.111. The molecule has 8 heteroatoms. The van der Waals surface area contributed by atoms with Gasteiger partial charge < -0.3 is 9.84 Å². The van der Waals surface area contributed by atoms with Crippen molar-refractivity contribution in [2.75, 3.05) is 0 Å². The molecule has 0 unspecified atom stereocenters. The van der Waals surface area contributed by atoms with Gasteiger partial charge in [-0.15, -0.1) is 0 Å². The first-order valence-electron chi connectivity index (χ1n) is 7.70. The van der Waals surface area contributed by atoms with Gasteiger partial charge in [-0.05, 0) is 42.5 Å². The highest BCUT2D eigenvalue weighted by atomic mass is 19.3. The highest BCUT2D eigenvalue weighted by Crippen LogP contribution is 2.32. The lowest BCUT2D eigenvalue weighted by Gasteiger charge is -2.09. The number of fused-ring (bicyclic) bond motifs is 3. The van der Waals surface area contributed by atoms with Gasteiger partial charge in [0, 0.05) is 29.7 Å². The maximum absolute atomic E-state index is 12.3. The minimum absolute atomic E-state index is 0.0608. The van der Waals surface area contributed by atoms with Crippen molar-refractivity contribution in [2.45, 2.75) is 6.61 Å². The van der Waals surface area contributed by atoms with Crippen LogP contribution in [0.1, 0.15) is 10.4 Å². The molecule has 4 aromatic rings. The lowest BCUT2D eigenvalue weighted by atomic mass is 10.1. The monoisotopic (exact) mass is 357 g/mol. The Bertz CT molecular complexity index is 1130. The van der Waals surface area contributed by atoms with Crippen LogP contribution < -0.4 is 4.74 Å². The number of aromatic carboxylic acids is 1. The number of ether oxygens (including phenoxy) is 1. The third-order valence-electron chi connectivity index (χ3n) is 4.12. The smallest absolute Gasteiger partial charge is 0.387 e. The van der Waals surface area contributed by atoms with E-state index in [9.17, 15) is 18.7 Å². The first-order valence-corrected chi connectivity index (χ1v) is 7.70. The molecular weight excluding hydrogens is 344 g/mol. The number of hydrogen-bond donors (Lipinski definition) is 1. The Morgan fingerprint density at radius 2 is 1.88 bits per heavy atom. The number of carboxylic acid groups (broad SMARTS) is 1. The molecule has 0 spiro atoms. The van der Waals surface area contributed by atoms with Crippen LogP contribution in [0.4, 0.5) is 8.78 Å². The molecular formula is C18H13F2N3O3. The summed E-state index contributed by atoms with van der Waals surface area (Å²) in [4.78, 5) is 11.3. The lowest BCUT2D eigenvalue weighted by molar-refractivity contribution is -0.0498. The number of hydrogen-bond acceptors (Lipinski definition) is 3. The number of carboxylic acids is 1. The maximum Gasteiger partial charge on any atom is 0.387 e. The highest BCUT2D eigenvalue weighted by molar-refractivity contribution is 6.09. The molecule has 2 heterocycles. The summed E-state index contributed by atoms with van der Waals surface area (Å²) in [7, 11) is 1.77. The number of carbonyl (C=O) groups is 1. The van der Waals surface area contributed by atoms with E-state index < -0.39 is 12.6 Å². The van der Waals surface area contributed by atoms with Crippen molar-refractivity contribution in [1.29, 1.82) is 0 Å². The summed E-state index contributed by atoms with van der Waals surface area (Å²) in [6, 6.07) is 11.0. The number of aryl methyl sites for hydroxylation is 1. The second-order valence-electron chi connectivity index (χ2n) is 5.78. The molecule has 26 heavy (non-hydrogen) atoms. The molecule has 2 aromatic heterocycles. The number of rotatable bonds is 4. The summed E-state index contributed by atoms with van der Waals surface area (Å²) in [5.41, 5.74) is 2.30. The van der Waals surface area contributed by atoms with E-state index in [1.54, 1.807) is 36.0 Å². The van der Waals surface area contributed by atoms with E-state index in [2.05, 4.69) is 9.84 Å². The fourth-order valence-electron chi connectivity index (χ4n) is 3.06. The van der Waals surface area contributed by atoms with Gasteiger partial charge in [-0.25, -0.2) is 4.79 Å². The molecule has 6 nitrogen and oxygen atoms in total. The molecule has 0 aliphatic carbocycles. The molecule has 0 saturated carbocycles. The van der Waals surface area contributed by atoms with Gasteiger partial charge in [0.15, 0.2) is 5.65 Å². The quantitative estimate of drug-likeness (QED) is 0.603. The van der Waals surface area contributed by atoms with Crippen LogP contribution in [0.2, 0.25) is 0 Å². The van der Waals surface area contributed by atoms with E-state index in [0.717, 1.165) is 16.3 Å². The summed E-state index contributed by atoms with van der Waals surface area (Å²) in [6.45, 7) is -2.88. The summed E-state index contributed by atoms with van der Waals surface area (Å²) in [6.07, 6.45) is 1.81. The number of halogens is 2. The molecule has 0 saturated heterocycles. The van der Waals surface area contributed by atoms with Crippen LogP contribution in [0.25, 0.3) is 27.6 Å². The van der Waals surface area contributed by atoms with E-state index in [1.165, 1.54) is 18.2 Å². The van der Waals surface area contributed by atoms with Gasteiger partial charge >= 0.3 is 12.6 Å². The van der Waals surface area contributed by atoms with Crippen molar-refractivity contribution in [3.63, 3.8) is 0 Å². The van der Waals surface area contributed by atoms with Gasteiger partial charge in [-0.3, -0.25) is 9.25 Å². The number of benzene rings is 2. The Morgan fingerprint density at radius 1 is 1.15 bits per heavy atom. The zero-order valence-corrected chi connectivity index (χ0v) is 13.6. The number of nitrogens with zero attached hydrogens (tertiary/aromatic N) is 3. The molecule has 0 atom stereocenters. The van der Waals surface area contributed by atoms with Crippen molar-refractivity contribution in [2.24, 2.45) is 7.05 Å². The third-order valence-corrected chi connectivity index (χ3v) is 4.12. The zero-order valence-electron chi connectivity index (χ0n) is 13.6. The van der Waals surface area contributed by atoms with Crippen molar-refractivity contribution in [1.82, 2.24) is 14.3 Å². The van der Waals surface area contributed by atoms with Crippen molar-refractivity contribution >= 4 is 27.9 Å². The summed E-state index contributed by atoms with van der Waals surface area (Å²) in [5, 5.41) is 15.3. The predicted molar refractivity (Wildman–Crippen MR) is 91.1 cm³/mol. The van der Waals surface area contributed by atoms with Gasteiger partial charge in [0.2, 0.25) is 0 Å². The minimum atomic E-state index is -2.88. The fourth-order valence-corrected chi connectivity index (χ4v) is 3.06. The van der Waals surface area contributed by atoms with Crippen LogP contribution in [-0.2, 0) is 7.05 Å². The Balaban J connectivity index is 1.94. The normalized spacial score (nSPS) is 11.5. The van der Waals surface area contributed by atoms with Gasteiger partial charge in [-0.2, -0.15) is 13.9 Å². The van der Waals surface area contributed by atoms with Gasteiger partial charge in [0.05, 0.1) is 11.1 Å². The molecule has 132 valence electrons. The topological polar surface area (TPSA) is 69.3 Å². The van der Waals surface area contributed by atoms with E-state index in [4.69, 9.17) is 0 Å². The summed E-state index contributed by atoms with van der Waals surface area (Å²) < 4.78 is 32.5.